The minimum atomic E-state index is -0.183. The molecule has 0 fully saturated rings. The summed E-state index contributed by atoms with van der Waals surface area (Å²) in [4.78, 5) is 17.5. The molecule has 2 heterocycles. The summed E-state index contributed by atoms with van der Waals surface area (Å²) in [5.74, 6) is 0.549. The molecule has 0 unspecified atom stereocenters. The highest BCUT2D eigenvalue weighted by molar-refractivity contribution is 14.1. The maximum atomic E-state index is 13.0. The molecule has 0 aliphatic carbocycles. The molecule has 2 aromatic heterocycles. The van der Waals surface area contributed by atoms with Gasteiger partial charge >= 0.3 is 0 Å². The Morgan fingerprint density at radius 1 is 1.07 bits per heavy atom. The Morgan fingerprint density at radius 2 is 1.83 bits per heavy atom. The van der Waals surface area contributed by atoms with Gasteiger partial charge in [-0.1, -0.05) is 15.9 Å². The van der Waals surface area contributed by atoms with Crippen LogP contribution in [0.5, 0.6) is 0 Å². The first kappa shape index (κ1) is 21.0. The Morgan fingerprint density at radius 3 is 2.57 bits per heavy atom. The number of aryl methyl sites for hydroxylation is 3. The van der Waals surface area contributed by atoms with E-state index in [2.05, 4.69) is 98.2 Å². The molecule has 0 atom stereocenters. The Hall–Kier alpha value is -2.26. The second-order valence-electron chi connectivity index (χ2n) is 7.28. The molecular weight excluding hydrogens is 555 g/mol. The lowest BCUT2D eigenvalue weighted by Gasteiger charge is -2.11. The van der Waals surface area contributed by atoms with Crippen LogP contribution in [0.2, 0.25) is 0 Å². The average molecular weight is 575 g/mol. The van der Waals surface area contributed by atoms with Gasteiger partial charge in [0, 0.05) is 30.7 Å². The van der Waals surface area contributed by atoms with Crippen LogP contribution in [0, 0.1) is 31.3 Å². The van der Waals surface area contributed by atoms with Crippen molar-refractivity contribution in [3.05, 3.63) is 89.2 Å². The monoisotopic (exact) mass is 574 g/mol. The summed E-state index contributed by atoms with van der Waals surface area (Å²) in [6.45, 7) is 8.04. The van der Waals surface area contributed by atoms with E-state index in [0.29, 0.717) is 16.7 Å². The summed E-state index contributed by atoms with van der Waals surface area (Å²) in [5.41, 5.74) is 5.98. The van der Waals surface area contributed by atoms with E-state index in [1.54, 1.807) is 19.2 Å². The predicted octanol–water partition coefficient (Wildman–Crippen LogP) is 5.67. The number of fused-ring (bicyclic) bond motifs is 1. The van der Waals surface area contributed by atoms with Crippen LogP contribution in [0.25, 0.3) is 16.6 Å². The van der Waals surface area contributed by atoms with E-state index < -0.39 is 0 Å². The standard InChI is InChI=1S/C23H20BrIN4O/c1-13-9-19(6-7-21(13)25)28-14(2)10-17(15(28)3)12-26-29-16(4)27-22-8-5-18(24)11-20(22)23(29)30/h5-12H,1-4H3. The van der Waals surface area contributed by atoms with Crippen molar-refractivity contribution in [3.63, 3.8) is 0 Å². The highest BCUT2D eigenvalue weighted by Crippen LogP contribution is 2.23. The van der Waals surface area contributed by atoms with Crippen molar-refractivity contribution in [2.24, 2.45) is 5.10 Å². The number of rotatable bonds is 3. The molecule has 7 heteroatoms. The molecule has 4 aromatic rings. The molecule has 0 bridgehead atoms. The molecule has 152 valence electrons. The van der Waals surface area contributed by atoms with Gasteiger partial charge in [-0.15, -0.1) is 0 Å². The van der Waals surface area contributed by atoms with Gasteiger partial charge in [-0.3, -0.25) is 4.79 Å². The molecule has 5 nitrogen and oxygen atoms in total. The van der Waals surface area contributed by atoms with E-state index >= 15 is 0 Å². The van der Waals surface area contributed by atoms with Crippen molar-refractivity contribution in [1.82, 2.24) is 14.2 Å². The van der Waals surface area contributed by atoms with Gasteiger partial charge in [-0.2, -0.15) is 9.78 Å². The molecule has 0 spiro atoms. The van der Waals surface area contributed by atoms with Crippen LogP contribution < -0.4 is 5.56 Å². The van der Waals surface area contributed by atoms with Gasteiger partial charge in [0.05, 0.1) is 17.1 Å². The number of halogens is 2. The minimum Gasteiger partial charge on any atom is -0.318 e. The van der Waals surface area contributed by atoms with Gasteiger partial charge < -0.3 is 4.57 Å². The van der Waals surface area contributed by atoms with E-state index in [4.69, 9.17) is 0 Å². The van der Waals surface area contributed by atoms with Crippen molar-refractivity contribution >= 4 is 55.6 Å². The van der Waals surface area contributed by atoms with Gasteiger partial charge in [0.15, 0.2) is 0 Å². The zero-order valence-electron chi connectivity index (χ0n) is 17.1. The highest BCUT2D eigenvalue weighted by Gasteiger charge is 2.12. The van der Waals surface area contributed by atoms with E-state index in [-0.39, 0.29) is 5.56 Å². The third kappa shape index (κ3) is 3.76. The minimum absolute atomic E-state index is 0.183. The molecule has 30 heavy (non-hydrogen) atoms. The second kappa shape index (κ2) is 8.11. The fourth-order valence-electron chi connectivity index (χ4n) is 3.60. The summed E-state index contributed by atoms with van der Waals surface area (Å²) in [7, 11) is 0. The van der Waals surface area contributed by atoms with Crippen molar-refractivity contribution < 1.29 is 0 Å². The first-order valence-corrected chi connectivity index (χ1v) is 11.3. The lowest BCUT2D eigenvalue weighted by molar-refractivity contribution is 0.770. The lowest BCUT2D eigenvalue weighted by atomic mass is 10.2. The van der Waals surface area contributed by atoms with Gasteiger partial charge in [-0.05, 0) is 98.3 Å². The van der Waals surface area contributed by atoms with Gasteiger partial charge in [-0.25, -0.2) is 4.98 Å². The Labute approximate surface area is 196 Å². The predicted molar refractivity (Wildman–Crippen MR) is 134 cm³/mol. The molecule has 0 aliphatic heterocycles. The van der Waals surface area contributed by atoms with Crippen LogP contribution in [-0.2, 0) is 0 Å². The molecule has 0 amide bonds. The third-order valence-electron chi connectivity index (χ3n) is 5.15. The highest BCUT2D eigenvalue weighted by atomic mass is 127. The molecule has 0 aliphatic rings. The number of benzene rings is 2. The molecule has 0 N–H and O–H groups in total. The number of nitrogens with zero attached hydrogens (tertiary/aromatic N) is 4. The fourth-order valence-corrected chi connectivity index (χ4v) is 4.30. The van der Waals surface area contributed by atoms with Crippen molar-refractivity contribution in [3.8, 4) is 5.69 Å². The maximum Gasteiger partial charge on any atom is 0.282 e. The van der Waals surface area contributed by atoms with Crippen molar-refractivity contribution in [2.75, 3.05) is 0 Å². The van der Waals surface area contributed by atoms with Crippen molar-refractivity contribution in [1.29, 1.82) is 0 Å². The number of hydrogen-bond donors (Lipinski definition) is 0. The van der Waals surface area contributed by atoms with Crippen LogP contribution in [0.15, 0.2) is 56.8 Å². The summed E-state index contributed by atoms with van der Waals surface area (Å²) < 4.78 is 5.64. The second-order valence-corrected chi connectivity index (χ2v) is 9.36. The number of hydrogen-bond acceptors (Lipinski definition) is 3. The van der Waals surface area contributed by atoms with Gasteiger partial charge in [0.2, 0.25) is 0 Å². The molecule has 4 rings (SSSR count). The Bertz CT molecular complexity index is 1380. The summed E-state index contributed by atoms with van der Waals surface area (Å²) in [5, 5.41) is 5.02. The van der Waals surface area contributed by atoms with Crippen LogP contribution in [0.4, 0.5) is 0 Å². The quantitative estimate of drug-likeness (QED) is 0.234. The van der Waals surface area contributed by atoms with Crippen LogP contribution in [-0.4, -0.2) is 20.4 Å². The first-order valence-electron chi connectivity index (χ1n) is 9.45. The van der Waals surface area contributed by atoms with Crippen LogP contribution >= 0.6 is 38.5 Å². The zero-order chi connectivity index (χ0) is 21.6. The topological polar surface area (TPSA) is 52.2 Å². The van der Waals surface area contributed by atoms with Crippen LogP contribution in [0.3, 0.4) is 0 Å². The zero-order valence-corrected chi connectivity index (χ0v) is 20.8. The smallest absolute Gasteiger partial charge is 0.282 e. The Balaban J connectivity index is 1.79. The summed E-state index contributed by atoms with van der Waals surface area (Å²) in [6, 6.07) is 14.0. The maximum absolute atomic E-state index is 13.0. The van der Waals surface area contributed by atoms with Gasteiger partial charge in [0.1, 0.15) is 5.82 Å². The van der Waals surface area contributed by atoms with E-state index in [9.17, 15) is 4.79 Å². The first-order chi connectivity index (χ1) is 14.3. The summed E-state index contributed by atoms with van der Waals surface area (Å²) >= 11 is 5.76. The van der Waals surface area contributed by atoms with Crippen molar-refractivity contribution in [2.45, 2.75) is 27.7 Å². The normalized spacial score (nSPS) is 11.7. The average Bonchev–Trinajstić information content (AvgIpc) is 2.98. The fraction of sp³-hybridized carbons (Fsp3) is 0.174. The van der Waals surface area contributed by atoms with Gasteiger partial charge in [0.25, 0.3) is 5.56 Å². The van der Waals surface area contributed by atoms with E-state index in [1.807, 2.05) is 12.1 Å². The van der Waals surface area contributed by atoms with Crippen LogP contribution in [0.1, 0.15) is 28.3 Å². The third-order valence-corrected chi connectivity index (χ3v) is 6.86. The van der Waals surface area contributed by atoms with E-state index in [0.717, 1.165) is 27.1 Å². The number of aromatic nitrogens is 3. The largest absolute Gasteiger partial charge is 0.318 e. The molecule has 2 aromatic carbocycles. The van der Waals surface area contributed by atoms with E-state index in [1.165, 1.54) is 13.8 Å². The SMILES string of the molecule is Cc1cc(-n2c(C)cc(C=Nn3c(C)nc4ccc(Br)cc4c3=O)c2C)ccc1I. The lowest BCUT2D eigenvalue weighted by Crippen LogP contribution is -2.20. The summed E-state index contributed by atoms with van der Waals surface area (Å²) in [6.07, 6.45) is 1.73. The molecular formula is C23H20BrIN4O. The molecule has 0 saturated heterocycles. The molecule has 0 saturated carbocycles. The Kier molecular flexibility index (Phi) is 5.67. The molecule has 0 radical (unpaired) electrons.